The molecule has 3 heterocycles. The Balaban J connectivity index is 1.75. The number of esters is 1. The van der Waals surface area contributed by atoms with Crippen LogP contribution in [0, 0.1) is 11.8 Å². The number of hydrogen-bond acceptors (Lipinski definition) is 6. The summed E-state index contributed by atoms with van der Waals surface area (Å²) in [5.74, 6) is -2.82. The van der Waals surface area contributed by atoms with E-state index in [0.717, 1.165) is 12.8 Å². The molecule has 4 rings (SSSR count). The number of halogens is 1. The first-order valence-corrected chi connectivity index (χ1v) is 14.7. The van der Waals surface area contributed by atoms with Gasteiger partial charge in [-0.3, -0.25) is 14.4 Å². The van der Waals surface area contributed by atoms with Crippen molar-refractivity contribution in [2.45, 2.75) is 82.1 Å². The van der Waals surface area contributed by atoms with E-state index in [2.05, 4.69) is 13.2 Å². The number of aliphatic hydroxyl groups is 1. The zero-order valence-electron chi connectivity index (χ0n) is 23.5. The summed E-state index contributed by atoms with van der Waals surface area (Å²) in [5, 5.41) is 10.8. The first-order chi connectivity index (χ1) is 19.2. The Labute approximate surface area is 241 Å². The zero-order chi connectivity index (χ0) is 29.1. The van der Waals surface area contributed by atoms with Gasteiger partial charge in [-0.05, 0) is 69.2 Å². The van der Waals surface area contributed by atoms with Gasteiger partial charge in [0.15, 0.2) is 0 Å². The molecule has 2 amide bonds. The third kappa shape index (κ3) is 4.99. The molecule has 9 heteroatoms. The summed E-state index contributed by atoms with van der Waals surface area (Å²) in [7, 11) is 0. The highest BCUT2D eigenvalue weighted by atomic mass is 35.5. The molecule has 0 aliphatic carbocycles. The summed E-state index contributed by atoms with van der Waals surface area (Å²) in [4.78, 5) is 45.5. The fourth-order valence-electron chi connectivity index (χ4n) is 6.97. The third-order valence-electron chi connectivity index (χ3n) is 8.94. The van der Waals surface area contributed by atoms with Crippen LogP contribution in [0.25, 0.3) is 0 Å². The molecule has 218 valence electrons. The Hall–Kier alpha value is -2.68. The lowest BCUT2D eigenvalue weighted by Gasteiger charge is -2.39. The molecule has 8 nitrogen and oxygen atoms in total. The molecule has 1 aromatic carbocycles. The molecule has 2 unspecified atom stereocenters. The largest absolute Gasteiger partial charge is 0.465 e. The summed E-state index contributed by atoms with van der Waals surface area (Å²) in [5.41, 5.74) is -1.48. The fraction of sp³-hybridized carbons (Fsp3) is 0.581. The molecule has 40 heavy (non-hydrogen) atoms. The van der Waals surface area contributed by atoms with Gasteiger partial charge in [-0.15, -0.1) is 13.2 Å². The van der Waals surface area contributed by atoms with Crippen LogP contribution in [0.5, 0.6) is 0 Å². The molecule has 3 aliphatic heterocycles. The summed E-state index contributed by atoms with van der Waals surface area (Å²) in [6.07, 6.45) is 7.79. The Kier molecular flexibility index (Phi) is 9.43. The summed E-state index contributed by atoms with van der Waals surface area (Å²) >= 11 is 6.11. The summed E-state index contributed by atoms with van der Waals surface area (Å²) in [6.45, 7) is 11.5. The molecule has 0 aromatic heterocycles. The number of unbranched alkanes of at least 4 members (excludes halogenated alkanes) is 2. The number of carbonyl (C=O) groups is 3. The predicted octanol–water partition coefficient (Wildman–Crippen LogP) is 4.68. The predicted molar refractivity (Wildman–Crippen MR) is 154 cm³/mol. The van der Waals surface area contributed by atoms with Crippen molar-refractivity contribution in [3.05, 3.63) is 54.6 Å². The number of allylic oxidation sites excluding steroid dienone is 1. The highest BCUT2D eigenvalue weighted by Gasteiger charge is 2.79. The smallest absolute Gasteiger partial charge is 0.312 e. The minimum absolute atomic E-state index is 0.199. The zero-order valence-corrected chi connectivity index (χ0v) is 24.3. The van der Waals surface area contributed by atoms with E-state index in [1.165, 1.54) is 4.90 Å². The number of fused-ring (bicyclic) bond motifs is 1. The van der Waals surface area contributed by atoms with Gasteiger partial charge in [0.1, 0.15) is 17.6 Å². The van der Waals surface area contributed by atoms with Gasteiger partial charge in [-0.2, -0.15) is 0 Å². The van der Waals surface area contributed by atoms with Crippen LogP contribution in [-0.2, 0) is 23.9 Å². The van der Waals surface area contributed by atoms with E-state index in [0.29, 0.717) is 42.8 Å². The number of amides is 2. The molecule has 1 aromatic rings. The van der Waals surface area contributed by atoms with Crippen LogP contribution < -0.4 is 4.90 Å². The molecule has 3 saturated heterocycles. The van der Waals surface area contributed by atoms with Crippen molar-refractivity contribution in [1.29, 1.82) is 0 Å². The quantitative estimate of drug-likeness (QED) is 0.197. The van der Waals surface area contributed by atoms with Gasteiger partial charge in [0.2, 0.25) is 5.91 Å². The average Bonchev–Trinajstić information content (AvgIpc) is 3.56. The minimum atomic E-state index is -1.20. The van der Waals surface area contributed by atoms with Gasteiger partial charge >= 0.3 is 5.97 Å². The highest BCUT2D eigenvalue weighted by molar-refractivity contribution is 6.30. The van der Waals surface area contributed by atoms with E-state index >= 15 is 0 Å². The van der Waals surface area contributed by atoms with Crippen LogP contribution in [0.4, 0.5) is 5.69 Å². The summed E-state index contributed by atoms with van der Waals surface area (Å²) in [6, 6.07) is 5.27. The van der Waals surface area contributed by atoms with Crippen molar-refractivity contribution in [1.82, 2.24) is 4.90 Å². The molecular weight excluding hydrogens is 532 g/mol. The SMILES string of the molecule is C=CCCCCOC(=O)[C@@H]1[C@H]2C(=O)N([C@@H](CC)CO)C(C(=O)N(CC=C)c3ccc(Cl)cc3)C23CC[C@@]1(CC)O3. The maximum absolute atomic E-state index is 14.5. The first kappa shape index (κ1) is 30.3. The second kappa shape index (κ2) is 12.5. The Bertz CT molecular complexity index is 1120. The lowest BCUT2D eigenvalue weighted by Crippen LogP contribution is -2.59. The van der Waals surface area contributed by atoms with Crippen molar-refractivity contribution >= 4 is 35.1 Å². The maximum atomic E-state index is 14.5. The van der Waals surface area contributed by atoms with Gasteiger partial charge in [-0.25, -0.2) is 0 Å². The fourth-order valence-corrected chi connectivity index (χ4v) is 7.10. The number of ether oxygens (including phenoxy) is 2. The van der Waals surface area contributed by atoms with Crippen molar-refractivity contribution in [2.75, 3.05) is 24.7 Å². The van der Waals surface area contributed by atoms with Crippen LogP contribution in [0.15, 0.2) is 49.6 Å². The minimum Gasteiger partial charge on any atom is -0.465 e. The Morgan fingerprint density at radius 3 is 2.55 bits per heavy atom. The number of benzene rings is 1. The van der Waals surface area contributed by atoms with E-state index in [1.807, 2.05) is 19.9 Å². The second-order valence-corrected chi connectivity index (χ2v) is 11.4. The average molecular weight is 573 g/mol. The number of hydrogen-bond donors (Lipinski definition) is 1. The maximum Gasteiger partial charge on any atom is 0.312 e. The molecule has 2 bridgehead atoms. The van der Waals surface area contributed by atoms with E-state index in [1.54, 1.807) is 35.2 Å². The van der Waals surface area contributed by atoms with E-state index in [4.69, 9.17) is 21.1 Å². The van der Waals surface area contributed by atoms with Crippen molar-refractivity contribution in [3.63, 3.8) is 0 Å². The van der Waals surface area contributed by atoms with Crippen molar-refractivity contribution in [3.8, 4) is 0 Å². The third-order valence-corrected chi connectivity index (χ3v) is 9.20. The normalized spacial score (nSPS) is 29.2. The van der Waals surface area contributed by atoms with Crippen LogP contribution in [0.2, 0.25) is 5.02 Å². The molecule has 3 fully saturated rings. The van der Waals surface area contributed by atoms with Crippen molar-refractivity contribution < 1.29 is 29.0 Å². The van der Waals surface area contributed by atoms with Gasteiger partial charge in [0.25, 0.3) is 5.91 Å². The number of rotatable bonds is 14. The number of anilines is 1. The Morgan fingerprint density at radius 1 is 1.23 bits per heavy atom. The highest BCUT2D eigenvalue weighted by Crippen LogP contribution is 2.65. The standard InChI is InChI=1S/C31H41ClN2O6/c1-5-9-10-11-19-39-29(38)25-24-27(36)34(22(7-3)20-35)26(31(24)17-16-30(25,8-4)40-31)28(37)33(18-6-2)23-14-12-21(32)13-15-23/h5-6,12-15,22,24-26,35H,1-2,7-11,16-20H2,3-4H3/t22-,24-,25-,26?,30+,31?/m0/s1. The molecule has 0 radical (unpaired) electrons. The molecule has 6 atom stereocenters. The van der Waals surface area contributed by atoms with Crippen LogP contribution in [-0.4, -0.2) is 70.8 Å². The van der Waals surface area contributed by atoms with Gasteiger partial charge < -0.3 is 24.4 Å². The topological polar surface area (TPSA) is 96.4 Å². The number of nitrogens with zero attached hydrogens (tertiary/aromatic N) is 2. The van der Waals surface area contributed by atoms with E-state index < -0.39 is 41.1 Å². The number of carbonyl (C=O) groups excluding carboxylic acids is 3. The van der Waals surface area contributed by atoms with Crippen LogP contribution >= 0.6 is 11.6 Å². The van der Waals surface area contributed by atoms with Gasteiger partial charge in [-0.1, -0.05) is 37.6 Å². The second-order valence-electron chi connectivity index (χ2n) is 11.0. The lowest BCUT2D eigenvalue weighted by molar-refractivity contribution is -0.162. The number of likely N-dealkylation sites (tertiary alicyclic amines) is 1. The number of aliphatic hydroxyl groups excluding tert-OH is 1. The van der Waals surface area contributed by atoms with E-state index in [-0.39, 0.29) is 31.6 Å². The molecule has 1 N–H and O–H groups in total. The Morgan fingerprint density at radius 2 is 1.95 bits per heavy atom. The van der Waals surface area contributed by atoms with Gasteiger partial charge in [0, 0.05) is 17.3 Å². The molecular formula is C31H41ClN2O6. The molecule has 0 saturated carbocycles. The van der Waals surface area contributed by atoms with Gasteiger partial charge in [0.05, 0.1) is 30.8 Å². The monoisotopic (exact) mass is 572 g/mol. The van der Waals surface area contributed by atoms with E-state index in [9.17, 15) is 19.5 Å². The molecule has 3 aliphatic rings. The molecule has 1 spiro atoms. The van der Waals surface area contributed by atoms with Crippen LogP contribution in [0.1, 0.15) is 58.8 Å². The first-order valence-electron chi connectivity index (χ1n) is 14.3. The van der Waals surface area contributed by atoms with Crippen LogP contribution in [0.3, 0.4) is 0 Å². The van der Waals surface area contributed by atoms with Crippen molar-refractivity contribution in [2.24, 2.45) is 11.8 Å². The lowest BCUT2D eigenvalue weighted by atomic mass is 9.65. The summed E-state index contributed by atoms with van der Waals surface area (Å²) < 4.78 is 12.5.